The molecule has 0 atom stereocenters. The fourth-order valence-electron chi connectivity index (χ4n) is 2.96. The highest BCUT2D eigenvalue weighted by Crippen LogP contribution is 2.40. The lowest BCUT2D eigenvalue weighted by Crippen LogP contribution is -2.37. The quantitative estimate of drug-likeness (QED) is 0.751. The first-order valence-electron chi connectivity index (χ1n) is 7.98. The molecule has 1 N–H and O–H groups in total. The van der Waals surface area contributed by atoms with Gasteiger partial charge in [0, 0.05) is 6.08 Å². The zero-order chi connectivity index (χ0) is 16.9. The van der Waals surface area contributed by atoms with Crippen LogP contribution in [0.15, 0.2) is 30.3 Å². The van der Waals surface area contributed by atoms with E-state index in [4.69, 9.17) is 9.84 Å². The van der Waals surface area contributed by atoms with Gasteiger partial charge in [-0.15, -0.1) is 0 Å². The molecule has 23 heavy (non-hydrogen) atoms. The summed E-state index contributed by atoms with van der Waals surface area (Å²) >= 11 is 0. The molecule has 1 aliphatic carbocycles. The fourth-order valence-corrected chi connectivity index (χ4v) is 2.96. The largest absolute Gasteiger partial charge is 0.478 e. The van der Waals surface area contributed by atoms with Crippen LogP contribution < -0.4 is 4.74 Å². The molecule has 0 aliphatic heterocycles. The molecule has 5 heteroatoms. The molecule has 0 amide bonds. The zero-order valence-corrected chi connectivity index (χ0v) is 13.2. The molecule has 0 heterocycles. The van der Waals surface area contributed by atoms with Crippen LogP contribution in [0.1, 0.15) is 44.6 Å². The second kappa shape index (κ2) is 7.57. The van der Waals surface area contributed by atoms with Crippen LogP contribution in [0.5, 0.6) is 5.75 Å². The Morgan fingerprint density at radius 3 is 2.39 bits per heavy atom. The Bertz CT molecular complexity index is 544. The Balaban J connectivity index is 1.96. The number of carboxylic acid groups (broad SMARTS) is 1. The highest BCUT2D eigenvalue weighted by molar-refractivity contribution is 5.85. The highest BCUT2D eigenvalue weighted by Gasteiger charge is 2.43. The lowest BCUT2D eigenvalue weighted by molar-refractivity contribution is -0.223. The van der Waals surface area contributed by atoms with Crippen LogP contribution in [0.4, 0.5) is 8.78 Å². The van der Waals surface area contributed by atoms with Crippen LogP contribution in [0, 0.1) is 11.8 Å². The van der Waals surface area contributed by atoms with Crippen LogP contribution >= 0.6 is 0 Å². The van der Waals surface area contributed by atoms with E-state index in [9.17, 15) is 13.6 Å². The van der Waals surface area contributed by atoms with E-state index in [1.165, 1.54) is 18.2 Å². The van der Waals surface area contributed by atoms with Crippen molar-refractivity contribution in [1.29, 1.82) is 0 Å². The van der Waals surface area contributed by atoms with Gasteiger partial charge in [-0.05, 0) is 55.4 Å². The number of halogens is 2. The van der Waals surface area contributed by atoms with Crippen molar-refractivity contribution in [3.05, 3.63) is 35.9 Å². The van der Waals surface area contributed by atoms with Crippen LogP contribution in [0.25, 0.3) is 6.08 Å². The van der Waals surface area contributed by atoms with Gasteiger partial charge in [-0.2, -0.15) is 8.78 Å². The van der Waals surface area contributed by atoms with Gasteiger partial charge in [0.25, 0.3) is 0 Å². The smallest absolute Gasteiger partial charge is 0.400 e. The van der Waals surface area contributed by atoms with E-state index in [0.29, 0.717) is 24.3 Å². The Kier molecular flexibility index (Phi) is 5.74. The summed E-state index contributed by atoms with van der Waals surface area (Å²) in [5.41, 5.74) is 0.617. The Labute approximate surface area is 135 Å². The van der Waals surface area contributed by atoms with Crippen LogP contribution in [0.3, 0.4) is 0 Å². The molecule has 1 aromatic carbocycles. The summed E-state index contributed by atoms with van der Waals surface area (Å²) in [7, 11) is 0. The number of rotatable bonds is 6. The van der Waals surface area contributed by atoms with Crippen molar-refractivity contribution in [2.45, 2.75) is 45.1 Å². The molecule has 0 aromatic heterocycles. The minimum Gasteiger partial charge on any atom is -0.478 e. The number of ether oxygens (including phenoxy) is 1. The molecule has 2 rings (SSSR count). The maximum atomic E-state index is 14.3. The molecule has 3 nitrogen and oxygen atoms in total. The number of alkyl halides is 2. The summed E-state index contributed by atoms with van der Waals surface area (Å²) in [6, 6.07) is 5.98. The molecule has 0 spiro atoms. The third kappa shape index (κ3) is 5.05. The van der Waals surface area contributed by atoms with Crippen molar-refractivity contribution in [3.8, 4) is 5.75 Å². The molecule has 126 valence electrons. The lowest BCUT2D eigenvalue weighted by Gasteiger charge is -2.32. The number of hydrogen-bond acceptors (Lipinski definition) is 2. The van der Waals surface area contributed by atoms with E-state index in [1.54, 1.807) is 12.1 Å². The molecule has 1 saturated carbocycles. The monoisotopic (exact) mass is 324 g/mol. The van der Waals surface area contributed by atoms with Crippen LogP contribution in [-0.4, -0.2) is 17.2 Å². The molecule has 1 fully saturated rings. The highest BCUT2D eigenvalue weighted by atomic mass is 19.3. The SMILES string of the molecule is CCC1CCC(C(F)(F)Oc2ccc(C=CC(=O)O)cc2)CC1. The van der Waals surface area contributed by atoms with E-state index in [0.717, 1.165) is 25.3 Å². The number of benzene rings is 1. The maximum Gasteiger partial charge on any atom is 0.400 e. The van der Waals surface area contributed by atoms with Gasteiger partial charge in [-0.1, -0.05) is 25.5 Å². The van der Waals surface area contributed by atoms with Crippen LogP contribution in [-0.2, 0) is 4.79 Å². The predicted octanol–water partition coefficient (Wildman–Crippen LogP) is 4.97. The molecule has 1 aliphatic rings. The summed E-state index contributed by atoms with van der Waals surface area (Å²) in [5, 5.41) is 8.55. The average molecular weight is 324 g/mol. The summed E-state index contributed by atoms with van der Waals surface area (Å²) in [4.78, 5) is 10.4. The second-order valence-electron chi connectivity index (χ2n) is 6.03. The van der Waals surface area contributed by atoms with Gasteiger partial charge < -0.3 is 9.84 Å². The lowest BCUT2D eigenvalue weighted by atomic mass is 9.80. The summed E-state index contributed by atoms with van der Waals surface area (Å²) < 4.78 is 33.5. The number of carboxylic acids is 1. The summed E-state index contributed by atoms with van der Waals surface area (Å²) in [6.45, 7) is 2.10. The molecule has 0 unspecified atom stereocenters. The first kappa shape index (κ1) is 17.4. The van der Waals surface area contributed by atoms with Crippen LogP contribution in [0.2, 0.25) is 0 Å². The normalized spacial score (nSPS) is 22.2. The van der Waals surface area contributed by atoms with Gasteiger partial charge in [0.05, 0.1) is 5.92 Å². The van der Waals surface area contributed by atoms with E-state index < -0.39 is 18.0 Å². The number of hydrogen-bond donors (Lipinski definition) is 1. The van der Waals surface area contributed by atoms with Gasteiger partial charge in [0.15, 0.2) is 0 Å². The molecule has 1 aromatic rings. The molecule has 0 bridgehead atoms. The molecule has 0 saturated heterocycles. The maximum absolute atomic E-state index is 14.3. The van der Waals surface area contributed by atoms with E-state index in [1.807, 2.05) is 0 Å². The van der Waals surface area contributed by atoms with E-state index in [2.05, 4.69) is 6.92 Å². The average Bonchev–Trinajstić information content (AvgIpc) is 2.54. The Hall–Kier alpha value is -1.91. The molecule has 0 radical (unpaired) electrons. The predicted molar refractivity (Wildman–Crippen MR) is 84.4 cm³/mol. The third-order valence-electron chi connectivity index (χ3n) is 4.45. The number of carbonyl (C=O) groups is 1. The molecular formula is C18H22F2O3. The van der Waals surface area contributed by atoms with E-state index in [-0.39, 0.29) is 5.75 Å². The first-order valence-corrected chi connectivity index (χ1v) is 7.98. The van der Waals surface area contributed by atoms with Gasteiger partial charge in [-0.25, -0.2) is 4.79 Å². The van der Waals surface area contributed by atoms with Crippen molar-refractivity contribution in [3.63, 3.8) is 0 Å². The van der Waals surface area contributed by atoms with Crippen molar-refractivity contribution in [2.75, 3.05) is 0 Å². The standard InChI is InChI=1S/C18H22F2O3/c1-2-13-3-8-15(9-4-13)18(19,20)23-16-10-5-14(6-11-16)7-12-17(21)22/h5-7,10-13,15H,2-4,8-9H2,1H3,(H,21,22). The summed E-state index contributed by atoms with van der Waals surface area (Å²) in [5.74, 6) is -1.14. The molecular weight excluding hydrogens is 302 g/mol. The van der Waals surface area contributed by atoms with Crippen molar-refractivity contribution in [2.24, 2.45) is 11.8 Å². The zero-order valence-electron chi connectivity index (χ0n) is 13.2. The number of aliphatic carboxylic acids is 1. The minimum atomic E-state index is -3.17. The van der Waals surface area contributed by atoms with Crippen molar-refractivity contribution < 1.29 is 23.4 Å². The first-order chi connectivity index (χ1) is 10.9. The van der Waals surface area contributed by atoms with Gasteiger partial charge >= 0.3 is 12.1 Å². The topological polar surface area (TPSA) is 46.5 Å². The Morgan fingerprint density at radius 2 is 1.87 bits per heavy atom. The fraction of sp³-hybridized carbons (Fsp3) is 0.500. The van der Waals surface area contributed by atoms with Crippen molar-refractivity contribution >= 4 is 12.0 Å². The summed E-state index contributed by atoms with van der Waals surface area (Å²) in [6.07, 6.45) is 2.92. The third-order valence-corrected chi connectivity index (χ3v) is 4.45. The minimum absolute atomic E-state index is 0.0973. The van der Waals surface area contributed by atoms with Gasteiger partial charge in [0.1, 0.15) is 5.75 Å². The van der Waals surface area contributed by atoms with Gasteiger partial charge in [-0.3, -0.25) is 0 Å². The Morgan fingerprint density at radius 1 is 1.26 bits per heavy atom. The van der Waals surface area contributed by atoms with E-state index >= 15 is 0 Å². The van der Waals surface area contributed by atoms with Gasteiger partial charge in [0.2, 0.25) is 0 Å². The second-order valence-corrected chi connectivity index (χ2v) is 6.03. The van der Waals surface area contributed by atoms with Crippen molar-refractivity contribution in [1.82, 2.24) is 0 Å².